The Kier molecular flexibility index (Phi) is 3.79. The molecule has 0 radical (unpaired) electrons. The van der Waals surface area contributed by atoms with E-state index in [1.54, 1.807) is 12.3 Å². The molecule has 3 aromatic heterocycles. The molecule has 4 aromatic rings. The van der Waals surface area contributed by atoms with Crippen molar-refractivity contribution in [2.45, 2.75) is 31.7 Å². The first-order valence-corrected chi connectivity index (χ1v) is 9.38. The first kappa shape index (κ1) is 16.8. The molecule has 3 heterocycles. The predicted octanol–water partition coefficient (Wildman–Crippen LogP) is 4.68. The summed E-state index contributed by atoms with van der Waals surface area (Å²) in [5.41, 5.74) is 2.74. The second-order valence-corrected chi connectivity index (χ2v) is 7.34. The Labute approximate surface area is 160 Å². The summed E-state index contributed by atoms with van der Waals surface area (Å²) >= 11 is 0. The molecule has 0 bridgehead atoms. The molecular weight excluding hydrogens is 357 g/mol. The van der Waals surface area contributed by atoms with Gasteiger partial charge in [-0.15, -0.1) is 0 Å². The maximum atomic E-state index is 14.7. The summed E-state index contributed by atoms with van der Waals surface area (Å²) < 4.78 is 16.8. The van der Waals surface area contributed by atoms with Crippen molar-refractivity contribution in [2.24, 2.45) is 5.92 Å². The van der Waals surface area contributed by atoms with Crippen molar-refractivity contribution in [1.82, 2.24) is 19.5 Å². The molecule has 2 N–H and O–H groups in total. The smallest absolute Gasteiger partial charge is 0.144 e. The number of nitrogens with zero attached hydrogens (tertiary/aromatic N) is 4. The fourth-order valence-electron chi connectivity index (χ4n) is 4.29. The largest absolute Gasteiger partial charge is 0.508 e. The summed E-state index contributed by atoms with van der Waals surface area (Å²) in [7, 11) is 0. The minimum absolute atomic E-state index is 0.0776. The molecule has 140 valence electrons. The van der Waals surface area contributed by atoms with Crippen molar-refractivity contribution in [1.29, 1.82) is 5.26 Å². The lowest BCUT2D eigenvalue weighted by Gasteiger charge is -2.28. The van der Waals surface area contributed by atoms with E-state index in [4.69, 9.17) is 4.98 Å². The fraction of sp³-hybridized carbons (Fsp3) is 0.286. The Balaban J connectivity index is 1.77. The van der Waals surface area contributed by atoms with Gasteiger partial charge in [-0.25, -0.2) is 14.4 Å². The lowest BCUT2D eigenvalue weighted by molar-refractivity contribution is 0.320. The molecule has 6 nitrogen and oxygen atoms in total. The van der Waals surface area contributed by atoms with Crippen molar-refractivity contribution in [3.8, 4) is 23.2 Å². The predicted molar refractivity (Wildman–Crippen MR) is 103 cm³/mol. The number of hydrogen-bond acceptors (Lipinski definition) is 4. The minimum Gasteiger partial charge on any atom is -0.508 e. The van der Waals surface area contributed by atoms with E-state index in [2.05, 4.69) is 20.6 Å². The fourth-order valence-corrected chi connectivity index (χ4v) is 4.29. The van der Waals surface area contributed by atoms with Crippen LogP contribution in [-0.4, -0.2) is 24.6 Å². The molecule has 5 rings (SSSR count). The number of benzene rings is 1. The molecule has 1 aliphatic rings. The molecule has 0 spiro atoms. The Morgan fingerprint density at radius 1 is 1.21 bits per heavy atom. The number of imidazole rings is 1. The van der Waals surface area contributed by atoms with Gasteiger partial charge in [-0.05, 0) is 43.9 Å². The minimum atomic E-state index is -0.513. The standard InChI is InChI=1S/C21H18FN5O/c22-17-9-14(28)5-6-15(17)21-26-18-11-25-20-16(7-8-24-20)19(18)27(21)13-3-1-12(10-23)2-4-13/h5-9,11-13,28H,1-4H2,(H,24,25). The molecule has 0 saturated heterocycles. The Morgan fingerprint density at radius 2 is 2.04 bits per heavy atom. The van der Waals surface area contributed by atoms with Crippen LogP contribution < -0.4 is 0 Å². The van der Waals surface area contributed by atoms with Crippen molar-refractivity contribution in [3.63, 3.8) is 0 Å². The number of phenols is 1. The van der Waals surface area contributed by atoms with Crippen LogP contribution in [0.2, 0.25) is 0 Å². The van der Waals surface area contributed by atoms with Crippen LogP contribution in [0.4, 0.5) is 4.39 Å². The molecular formula is C21H18FN5O. The van der Waals surface area contributed by atoms with Crippen molar-refractivity contribution < 1.29 is 9.50 Å². The molecule has 0 unspecified atom stereocenters. The van der Waals surface area contributed by atoms with Gasteiger partial charge in [-0.2, -0.15) is 5.26 Å². The first-order chi connectivity index (χ1) is 13.7. The van der Waals surface area contributed by atoms with Crippen LogP contribution in [0.1, 0.15) is 31.7 Å². The lowest BCUT2D eigenvalue weighted by atomic mass is 9.86. The van der Waals surface area contributed by atoms with Crippen LogP contribution in [0.15, 0.2) is 36.7 Å². The lowest BCUT2D eigenvalue weighted by Crippen LogP contribution is -2.18. The summed E-state index contributed by atoms with van der Waals surface area (Å²) in [6.07, 6.45) is 6.85. The highest BCUT2D eigenvalue weighted by atomic mass is 19.1. The number of nitrogens with one attached hydrogen (secondary N) is 1. The number of H-pyrrole nitrogens is 1. The van der Waals surface area contributed by atoms with Crippen LogP contribution in [0, 0.1) is 23.1 Å². The number of phenolic OH excluding ortho intramolecular Hbond substituents is 1. The van der Waals surface area contributed by atoms with E-state index in [-0.39, 0.29) is 17.7 Å². The average molecular weight is 375 g/mol. The summed E-state index contributed by atoms with van der Waals surface area (Å²) in [4.78, 5) is 12.3. The summed E-state index contributed by atoms with van der Waals surface area (Å²) in [5, 5.41) is 19.8. The third kappa shape index (κ3) is 2.53. The average Bonchev–Trinajstić information content (AvgIpc) is 3.32. The number of aromatic amines is 1. The number of aromatic nitrogens is 4. The van der Waals surface area contributed by atoms with Gasteiger partial charge in [0.05, 0.1) is 23.3 Å². The Bertz CT molecular complexity index is 1230. The maximum absolute atomic E-state index is 14.7. The van der Waals surface area contributed by atoms with E-state index in [0.29, 0.717) is 16.9 Å². The third-order valence-electron chi connectivity index (χ3n) is 5.67. The number of hydrogen-bond donors (Lipinski definition) is 2. The van der Waals surface area contributed by atoms with Gasteiger partial charge in [0.1, 0.15) is 28.6 Å². The normalized spacial score (nSPS) is 19.9. The molecule has 0 aliphatic heterocycles. The van der Waals surface area contributed by atoms with Gasteiger partial charge in [0, 0.05) is 29.6 Å². The second-order valence-electron chi connectivity index (χ2n) is 7.34. The van der Waals surface area contributed by atoms with E-state index < -0.39 is 5.82 Å². The molecule has 7 heteroatoms. The van der Waals surface area contributed by atoms with Crippen LogP contribution >= 0.6 is 0 Å². The summed E-state index contributed by atoms with van der Waals surface area (Å²) in [6.45, 7) is 0. The number of fused-ring (bicyclic) bond motifs is 3. The van der Waals surface area contributed by atoms with Gasteiger partial charge >= 0.3 is 0 Å². The van der Waals surface area contributed by atoms with E-state index in [1.165, 1.54) is 6.07 Å². The van der Waals surface area contributed by atoms with Gasteiger partial charge in [-0.1, -0.05) is 0 Å². The molecule has 28 heavy (non-hydrogen) atoms. The molecule has 0 amide bonds. The van der Waals surface area contributed by atoms with Crippen LogP contribution in [-0.2, 0) is 0 Å². The van der Waals surface area contributed by atoms with Gasteiger partial charge in [-0.3, -0.25) is 0 Å². The highest BCUT2D eigenvalue weighted by molar-refractivity contribution is 6.02. The summed E-state index contributed by atoms with van der Waals surface area (Å²) in [6, 6.07) is 8.59. The van der Waals surface area contributed by atoms with Gasteiger partial charge < -0.3 is 14.7 Å². The van der Waals surface area contributed by atoms with E-state index in [0.717, 1.165) is 48.3 Å². The highest BCUT2D eigenvalue weighted by Gasteiger charge is 2.28. The van der Waals surface area contributed by atoms with Crippen LogP contribution in [0.25, 0.3) is 33.5 Å². The highest BCUT2D eigenvalue weighted by Crippen LogP contribution is 2.40. The van der Waals surface area contributed by atoms with Crippen molar-refractivity contribution in [2.75, 3.05) is 0 Å². The second kappa shape index (κ2) is 6.34. The van der Waals surface area contributed by atoms with Gasteiger partial charge in [0.25, 0.3) is 0 Å². The van der Waals surface area contributed by atoms with Gasteiger partial charge in [0.15, 0.2) is 0 Å². The van der Waals surface area contributed by atoms with E-state index >= 15 is 0 Å². The Morgan fingerprint density at radius 3 is 2.79 bits per heavy atom. The topological polar surface area (TPSA) is 90.5 Å². The number of halogens is 1. The van der Waals surface area contributed by atoms with Crippen molar-refractivity contribution in [3.05, 3.63) is 42.5 Å². The number of aromatic hydroxyl groups is 1. The molecule has 1 fully saturated rings. The third-order valence-corrected chi connectivity index (χ3v) is 5.67. The maximum Gasteiger partial charge on any atom is 0.144 e. The monoisotopic (exact) mass is 375 g/mol. The van der Waals surface area contributed by atoms with E-state index in [1.807, 2.05) is 12.3 Å². The van der Waals surface area contributed by atoms with Crippen LogP contribution in [0.3, 0.4) is 0 Å². The first-order valence-electron chi connectivity index (χ1n) is 9.38. The number of nitriles is 1. The SMILES string of the molecule is N#CC1CCC(n2c(-c3ccc(O)cc3F)nc3cnc4[nH]ccc4c32)CC1. The van der Waals surface area contributed by atoms with Crippen LogP contribution in [0.5, 0.6) is 5.75 Å². The van der Waals surface area contributed by atoms with Gasteiger partial charge in [0.2, 0.25) is 0 Å². The molecule has 1 saturated carbocycles. The molecule has 1 aliphatic carbocycles. The number of pyridine rings is 1. The molecule has 1 aromatic carbocycles. The zero-order chi connectivity index (χ0) is 19.3. The molecule has 0 atom stereocenters. The Hall–Kier alpha value is -3.40. The zero-order valence-electron chi connectivity index (χ0n) is 15.1. The quantitative estimate of drug-likeness (QED) is 0.532. The van der Waals surface area contributed by atoms with Crippen molar-refractivity contribution >= 4 is 22.1 Å². The van der Waals surface area contributed by atoms with E-state index in [9.17, 15) is 14.8 Å². The summed E-state index contributed by atoms with van der Waals surface area (Å²) in [5.74, 6) is -0.0223. The zero-order valence-corrected chi connectivity index (χ0v) is 15.1. The number of rotatable bonds is 2.